The largest absolute Gasteiger partial charge is 0.436 e. The van der Waals surface area contributed by atoms with Crippen molar-refractivity contribution in [1.29, 1.82) is 0 Å². The first kappa shape index (κ1) is 32.1. The number of urea groups is 1. The number of likely N-dealkylation sites (tertiary alicyclic amines) is 4. The van der Waals surface area contributed by atoms with Crippen LogP contribution in [0.5, 0.6) is 0 Å². The Hall–Kier alpha value is -3.50. The molecule has 4 fully saturated rings. The minimum atomic E-state index is -1.04. The Morgan fingerprint density at radius 3 is 2.49 bits per heavy atom. The highest BCUT2D eigenvalue weighted by Gasteiger charge is 2.45. The summed E-state index contributed by atoms with van der Waals surface area (Å²) < 4.78 is 6.03. The number of fused-ring (bicyclic) bond motifs is 3. The van der Waals surface area contributed by atoms with Gasteiger partial charge in [0.25, 0.3) is 5.91 Å². The Kier molecular flexibility index (Phi) is 9.00. The van der Waals surface area contributed by atoms with Crippen molar-refractivity contribution in [1.82, 2.24) is 24.5 Å². The van der Waals surface area contributed by atoms with Gasteiger partial charge in [0.05, 0.1) is 17.3 Å². The number of hydrogen-bond acceptors (Lipinski definition) is 8. The third kappa shape index (κ3) is 6.38. The number of piperazine rings is 1. The summed E-state index contributed by atoms with van der Waals surface area (Å²) >= 11 is 7.92. The maximum absolute atomic E-state index is 14.1. The fourth-order valence-electron chi connectivity index (χ4n) is 8.12. The number of likely N-dealkylation sites (N-methyl/N-ethyl adjacent to an activating group) is 1. The number of halogens is 1. The highest BCUT2D eigenvalue weighted by Crippen LogP contribution is 2.35. The second-order valence-corrected chi connectivity index (χ2v) is 14.9. The first-order chi connectivity index (χ1) is 22.7. The first-order valence-corrected chi connectivity index (χ1v) is 17.8. The topological polar surface area (TPSA) is 115 Å². The van der Waals surface area contributed by atoms with E-state index in [9.17, 15) is 14.4 Å². The zero-order valence-corrected chi connectivity index (χ0v) is 28.3. The molecule has 0 aliphatic carbocycles. The van der Waals surface area contributed by atoms with Crippen LogP contribution in [0.4, 0.5) is 20.3 Å². The van der Waals surface area contributed by atoms with Crippen molar-refractivity contribution in [2.75, 3.05) is 57.4 Å². The van der Waals surface area contributed by atoms with E-state index in [1.165, 1.54) is 17.8 Å². The standard InChI is InChI=1S/C34H42ClN7O4S/c1-3-22-14-21(15-28(35)30(22)36)16-29(32(43)39-9-4-24(5-10-39)41-20-26-17-27(41)19-38(26)2)46-34(45)40-11-6-25(7-12-40)42-18-23-8-13-47-31(23)37-33(42)44/h1,8,13-15,24-27,29H,4-7,9-12,16-20,36H2,2H3,(H,37,44)/t26?,27?,29-/m1/s1. The molecule has 47 heavy (non-hydrogen) atoms. The summed E-state index contributed by atoms with van der Waals surface area (Å²) in [5.41, 5.74) is 8.59. The number of rotatable bonds is 6. The van der Waals surface area contributed by atoms with Gasteiger partial charge in [-0.2, -0.15) is 0 Å². The van der Waals surface area contributed by atoms with Gasteiger partial charge in [-0.25, -0.2) is 9.59 Å². The summed E-state index contributed by atoms with van der Waals surface area (Å²) in [7, 11) is 2.21. The number of benzene rings is 1. The van der Waals surface area contributed by atoms with E-state index >= 15 is 0 Å². The number of hydrogen-bond donors (Lipinski definition) is 2. The predicted molar refractivity (Wildman–Crippen MR) is 182 cm³/mol. The van der Waals surface area contributed by atoms with Gasteiger partial charge in [-0.05, 0) is 68.3 Å². The third-order valence-corrected chi connectivity index (χ3v) is 12.0. The molecule has 13 heteroatoms. The summed E-state index contributed by atoms with van der Waals surface area (Å²) in [6, 6.07) is 7.07. The molecule has 3 N–H and O–H groups in total. The van der Waals surface area contributed by atoms with Crippen LogP contribution >= 0.6 is 22.9 Å². The van der Waals surface area contributed by atoms with E-state index < -0.39 is 12.2 Å². The molecule has 1 aromatic heterocycles. The number of carbonyl (C=O) groups excluding carboxylic acids is 3. The SMILES string of the molecule is C#Cc1cc(C[C@@H](OC(=O)N2CCC(N3Cc4ccsc4NC3=O)CC2)C(=O)N2CCC(N3CC4CC3CN4C)CC2)cc(Cl)c1N. The zero-order valence-electron chi connectivity index (χ0n) is 26.7. The number of thiophene rings is 1. The quantitative estimate of drug-likeness (QED) is 0.352. The Morgan fingerprint density at radius 2 is 1.81 bits per heavy atom. The lowest BCUT2D eigenvalue weighted by Crippen LogP contribution is -2.55. The Balaban J connectivity index is 1.00. The fourth-order valence-corrected chi connectivity index (χ4v) is 9.16. The molecular weight excluding hydrogens is 638 g/mol. The predicted octanol–water partition coefficient (Wildman–Crippen LogP) is 3.90. The van der Waals surface area contributed by atoms with Gasteiger partial charge in [0.1, 0.15) is 5.00 Å². The highest BCUT2D eigenvalue weighted by molar-refractivity contribution is 7.14. The van der Waals surface area contributed by atoms with E-state index in [-0.39, 0.29) is 24.4 Å². The minimum absolute atomic E-state index is 0.0103. The van der Waals surface area contributed by atoms with Crippen LogP contribution in [0, 0.1) is 12.3 Å². The van der Waals surface area contributed by atoms with Gasteiger partial charge < -0.3 is 30.1 Å². The van der Waals surface area contributed by atoms with Crippen LogP contribution in [0.15, 0.2) is 23.6 Å². The number of ether oxygens (including phenoxy) is 1. The molecule has 0 radical (unpaired) electrons. The van der Waals surface area contributed by atoms with Crippen LogP contribution < -0.4 is 11.1 Å². The van der Waals surface area contributed by atoms with Crippen LogP contribution in [-0.2, 0) is 22.5 Å². The molecule has 3 atom stereocenters. The van der Waals surface area contributed by atoms with Crippen molar-refractivity contribution in [3.05, 3.63) is 45.3 Å². The second kappa shape index (κ2) is 13.2. The van der Waals surface area contributed by atoms with E-state index in [0.717, 1.165) is 36.5 Å². The summed E-state index contributed by atoms with van der Waals surface area (Å²) in [6.45, 7) is 4.87. The van der Waals surface area contributed by atoms with E-state index in [1.807, 2.05) is 21.2 Å². The van der Waals surface area contributed by atoms with Gasteiger partial charge in [0.2, 0.25) is 0 Å². The number of anilines is 2. The maximum atomic E-state index is 14.1. The average molecular weight is 680 g/mol. The van der Waals surface area contributed by atoms with Crippen molar-refractivity contribution in [2.24, 2.45) is 0 Å². The van der Waals surface area contributed by atoms with E-state index in [0.29, 0.717) is 85.5 Å². The van der Waals surface area contributed by atoms with Crippen molar-refractivity contribution in [2.45, 2.75) is 75.3 Å². The zero-order chi connectivity index (χ0) is 32.8. The number of terminal acetylenes is 1. The number of piperidine rings is 2. The van der Waals surface area contributed by atoms with Gasteiger partial charge in [-0.1, -0.05) is 17.5 Å². The van der Waals surface area contributed by atoms with Gasteiger partial charge in [-0.15, -0.1) is 17.8 Å². The Morgan fingerprint density at radius 1 is 1.09 bits per heavy atom. The van der Waals surface area contributed by atoms with Crippen LogP contribution in [0.25, 0.3) is 0 Å². The van der Waals surface area contributed by atoms with Crippen LogP contribution in [0.1, 0.15) is 48.8 Å². The number of amides is 4. The minimum Gasteiger partial charge on any atom is -0.436 e. The van der Waals surface area contributed by atoms with Gasteiger partial charge in [0.15, 0.2) is 6.10 Å². The third-order valence-electron chi connectivity index (χ3n) is 10.8. The van der Waals surface area contributed by atoms with Crippen LogP contribution in [0.3, 0.4) is 0 Å². The van der Waals surface area contributed by atoms with Gasteiger partial charge in [0, 0.05) is 81.0 Å². The Labute approximate surface area is 284 Å². The molecule has 7 rings (SSSR count). The second-order valence-electron chi connectivity index (χ2n) is 13.5. The molecular formula is C34H42ClN7O4S. The number of carbonyl (C=O) groups is 3. The molecule has 0 spiro atoms. The Bertz CT molecular complexity index is 1580. The van der Waals surface area contributed by atoms with Crippen molar-refractivity contribution in [3.63, 3.8) is 0 Å². The van der Waals surface area contributed by atoms with E-state index in [2.05, 4.69) is 28.1 Å². The van der Waals surface area contributed by atoms with Crippen LogP contribution in [-0.4, -0.2) is 119 Å². The molecule has 4 amide bonds. The normalized spacial score (nSPS) is 24.6. The summed E-state index contributed by atoms with van der Waals surface area (Å²) in [6.07, 6.45) is 8.52. The number of nitrogen functional groups attached to an aromatic ring is 1. The lowest BCUT2D eigenvalue weighted by molar-refractivity contribution is -0.142. The molecule has 2 unspecified atom stereocenters. The molecule has 0 saturated carbocycles. The molecule has 11 nitrogen and oxygen atoms in total. The molecule has 2 bridgehead atoms. The van der Waals surface area contributed by atoms with Gasteiger partial charge in [-0.3, -0.25) is 15.0 Å². The first-order valence-electron chi connectivity index (χ1n) is 16.6. The highest BCUT2D eigenvalue weighted by atomic mass is 35.5. The number of nitrogens with zero attached hydrogens (tertiary/aromatic N) is 5. The molecule has 4 saturated heterocycles. The molecule has 1 aromatic carbocycles. The van der Waals surface area contributed by atoms with Crippen molar-refractivity contribution >= 4 is 51.7 Å². The molecule has 5 aliphatic rings. The van der Waals surface area contributed by atoms with Crippen molar-refractivity contribution in [3.8, 4) is 12.3 Å². The lowest BCUT2D eigenvalue weighted by atomic mass is 9.99. The van der Waals surface area contributed by atoms with E-state index in [4.69, 9.17) is 28.5 Å². The smallest absolute Gasteiger partial charge is 0.410 e. The van der Waals surface area contributed by atoms with Gasteiger partial charge >= 0.3 is 12.1 Å². The molecule has 6 heterocycles. The summed E-state index contributed by atoms with van der Waals surface area (Å²) in [5.74, 6) is 2.35. The van der Waals surface area contributed by atoms with Crippen molar-refractivity contribution < 1.29 is 19.1 Å². The summed E-state index contributed by atoms with van der Waals surface area (Å²) in [5, 5.41) is 6.17. The monoisotopic (exact) mass is 679 g/mol. The number of nitrogens with one attached hydrogen (secondary N) is 1. The fraction of sp³-hybridized carbons (Fsp3) is 0.559. The van der Waals surface area contributed by atoms with E-state index in [1.54, 1.807) is 17.0 Å². The molecule has 250 valence electrons. The maximum Gasteiger partial charge on any atom is 0.410 e. The average Bonchev–Trinajstić information content (AvgIpc) is 3.81. The molecule has 5 aliphatic heterocycles. The lowest BCUT2D eigenvalue weighted by Gasteiger charge is -2.42. The molecule has 2 aromatic rings. The number of nitrogens with two attached hydrogens (primary N) is 1. The van der Waals surface area contributed by atoms with Crippen LogP contribution in [0.2, 0.25) is 5.02 Å². The summed E-state index contributed by atoms with van der Waals surface area (Å²) in [4.78, 5) is 50.9.